The van der Waals surface area contributed by atoms with Gasteiger partial charge in [0.25, 0.3) is 5.56 Å². The lowest BCUT2D eigenvalue weighted by Gasteiger charge is -2.07. The van der Waals surface area contributed by atoms with E-state index in [2.05, 4.69) is 10.3 Å². The van der Waals surface area contributed by atoms with Crippen molar-refractivity contribution in [1.82, 2.24) is 9.55 Å². The summed E-state index contributed by atoms with van der Waals surface area (Å²) in [6.45, 7) is 2.69. The maximum Gasteiger partial charge on any atom is 0.278 e. The number of anilines is 1. The Bertz CT molecular complexity index is 519. The van der Waals surface area contributed by atoms with Gasteiger partial charge in [-0.2, -0.15) is 0 Å². The first kappa shape index (κ1) is 10.4. The number of hydrogen-bond acceptors (Lipinski definition) is 3. The minimum atomic E-state index is -0.0580. The van der Waals surface area contributed by atoms with Crippen molar-refractivity contribution in [1.29, 1.82) is 0 Å². The van der Waals surface area contributed by atoms with Crippen LogP contribution in [0.15, 0.2) is 47.7 Å². The van der Waals surface area contributed by atoms with E-state index in [1.54, 1.807) is 29.2 Å². The molecule has 82 valence electrons. The van der Waals surface area contributed by atoms with E-state index in [0.717, 1.165) is 12.2 Å². The van der Waals surface area contributed by atoms with Crippen LogP contribution in [0.25, 0.3) is 5.69 Å². The van der Waals surface area contributed by atoms with Crippen molar-refractivity contribution in [3.05, 3.63) is 53.2 Å². The van der Waals surface area contributed by atoms with Gasteiger partial charge in [-0.25, -0.2) is 0 Å². The molecule has 0 saturated carbocycles. The summed E-state index contributed by atoms with van der Waals surface area (Å²) in [6, 6.07) is 7.27. The molecule has 0 radical (unpaired) electrons. The monoisotopic (exact) mass is 215 g/mol. The van der Waals surface area contributed by atoms with E-state index in [1.165, 1.54) is 0 Å². The predicted octanol–water partition coefficient (Wildman–Crippen LogP) is 1.66. The smallest absolute Gasteiger partial charge is 0.278 e. The Hall–Kier alpha value is -2.10. The van der Waals surface area contributed by atoms with Crippen LogP contribution in [0.3, 0.4) is 0 Å². The Morgan fingerprint density at radius 1 is 1.38 bits per heavy atom. The highest BCUT2D eigenvalue weighted by atomic mass is 16.1. The van der Waals surface area contributed by atoms with E-state index >= 15 is 0 Å². The summed E-state index contributed by atoms with van der Waals surface area (Å²) in [4.78, 5) is 16.0. The maximum atomic E-state index is 12.0. The molecule has 2 aromatic heterocycles. The molecule has 2 heterocycles. The van der Waals surface area contributed by atoms with Crippen molar-refractivity contribution < 1.29 is 0 Å². The van der Waals surface area contributed by atoms with E-state index in [-0.39, 0.29) is 5.56 Å². The van der Waals surface area contributed by atoms with Crippen LogP contribution in [0.2, 0.25) is 0 Å². The first-order valence-corrected chi connectivity index (χ1v) is 5.19. The van der Waals surface area contributed by atoms with Crippen molar-refractivity contribution in [2.45, 2.75) is 6.92 Å². The number of nitrogens with zero attached hydrogens (tertiary/aromatic N) is 2. The van der Waals surface area contributed by atoms with E-state index in [9.17, 15) is 4.79 Å². The molecule has 0 aromatic carbocycles. The van der Waals surface area contributed by atoms with Crippen molar-refractivity contribution in [3.63, 3.8) is 0 Å². The number of rotatable bonds is 3. The Morgan fingerprint density at radius 3 is 2.94 bits per heavy atom. The van der Waals surface area contributed by atoms with Crippen LogP contribution >= 0.6 is 0 Å². The van der Waals surface area contributed by atoms with Crippen molar-refractivity contribution in [2.24, 2.45) is 0 Å². The SMILES string of the molecule is CCNc1cccn(-c2cccnc2)c1=O. The highest BCUT2D eigenvalue weighted by Crippen LogP contribution is 2.04. The lowest BCUT2D eigenvalue weighted by atomic mass is 10.3. The maximum absolute atomic E-state index is 12.0. The summed E-state index contributed by atoms with van der Waals surface area (Å²) in [5.41, 5.74) is 1.32. The Labute approximate surface area is 93.6 Å². The van der Waals surface area contributed by atoms with Crippen LogP contribution in [-0.4, -0.2) is 16.1 Å². The standard InChI is InChI=1S/C12H13N3O/c1-2-14-11-6-4-8-15(12(11)16)10-5-3-7-13-9-10/h3-9,14H,2H2,1H3. The molecule has 0 bridgehead atoms. The predicted molar refractivity (Wildman–Crippen MR) is 64.0 cm³/mol. The molecule has 0 aliphatic rings. The topological polar surface area (TPSA) is 46.9 Å². The summed E-state index contributed by atoms with van der Waals surface area (Å²) in [7, 11) is 0. The van der Waals surface area contributed by atoms with Crippen LogP contribution in [-0.2, 0) is 0 Å². The summed E-state index contributed by atoms with van der Waals surface area (Å²) in [6.07, 6.45) is 5.08. The van der Waals surface area contributed by atoms with E-state index in [4.69, 9.17) is 0 Å². The molecule has 0 atom stereocenters. The Balaban J connectivity index is 2.51. The zero-order chi connectivity index (χ0) is 11.4. The molecule has 0 spiro atoms. The van der Waals surface area contributed by atoms with Gasteiger partial charge in [-0.15, -0.1) is 0 Å². The zero-order valence-electron chi connectivity index (χ0n) is 9.05. The van der Waals surface area contributed by atoms with E-state index in [1.807, 2.05) is 25.1 Å². The summed E-state index contributed by atoms with van der Waals surface area (Å²) in [5.74, 6) is 0. The van der Waals surface area contributed by atoms with Gasteiger partial charge in [-0.3, -0.25) is 14.3 Å². The van der Waals surface area contributed by atoms with Gasteiger partial charge in [0, 0.05) is 18.9 Å². The van der Waals surface area contributed by atoms with Crippen LogP contribution in [0.1, 0.15) is 6.92 Å². The third-order valence-electron chi connectivity index (χ3n) is 2.24. The largest absolute Gasteiger partial charge is 0.381 e. The molecular formula is C12H13N3O. The molecule has 0 saturated heterocycles. The third kappa shape index (κ3) is 1.95. The van der Waals surface area contributed by atoms with Gasteiger partial charge in [0.1, 0.15) is 5.69 Å². The average Bonchev–Trinajstić information content (AvgIpc) is 2.33. The zero-order valence-corrected chi connectivity index (χ0v) is 9.05. The summed E-state index contributed by atoms with van der Waals surface area (Å²) >= 11 is 0. The Kier molecular flexibility index (Phi) is 3.00. The van der Waals surface area contributed by atoms with E-state index in [0.29, 0.717) is 5.69 Å². The minimum absolute atomic E-state index is 0.0580. The number of hydrogen-bond donors (Lipinski definition) is 1. The Morgan fingerprint density at radius 2 is 2.25 bits per heavy atom. The van der Waals surface area contributed by atoms with Gasteiger partial charge in [-0.1, -0.05) is 0 Å². The van der Waals surface area contributed by atoms with Crippen LogP contribution in [0.4, 0.5) is 5.69 Å². The van der Waals surface area contributed by atoms with Crippen molar-refractivity contribution >= 4 is 5.69 Å². The molecule has 4 heteroatoms. The van der Waals surface area contributed by atoms with Crippen LogP contribution in [0, 0.1) is 0 Å². The van der Waals surface area contributed by atoms with Gasteiger partial charge in [0.15, 0.2) is 0 Å². The van der Waals surface area contributed by atoms with Crippen LogP contribution < -0.4 is 10.9 Å². The fourth-order valence-electron chi connectivity index (χ4n) is 1.52. The number of aromatic nitrogens is 2. The normalized spacial score (nSPS) is 10.1. The second-order valence-electron chi connectivity index (χ2n) is 3.34. The third-order valence-corrected chi connectivity index (χ3v) is 2.24. The summed E-state index contributed by atoms with van der Waals surface area (Å²) < 4.78 is 1.57. The molecule has 16 heavy (non-hydrogen) atoms. The first-order chi connectivity index (χ1) is 7.83. The lowest BCUT2D eigenvalue weighted by Crippen LogP contribution is -2.21. The second kappa shape index (κ2) is 4.61. The first-order valence-electron chi connectivity index (χ1n) is 5.19. The van der Waals surface area contributed by atoms with Gasteiger partial charge in [0.2, 0.25) is 0 Å². The molecule has 0 fully saturated rings. The summed E-state index contributed by atoms with van der Waals surface area (Å²) in [5, 5.41) is 3.03. The lowest BCUT2D eigenvalue weighted by molar-refractivity contribution is 0.974. The second-order valence-corrected chi connectivity index (χ2v) is 3.34. The van der Waals surface area contributed by atoms with Gasteiger partial charge >= 0.3 is 0 Å². The van der Waals surface area contributed by atoms with Crippen molar-refractivity contribution in [2.75, 3.05) is 11.9 Å². The highest BCUT2D eigenvalue weighted by Gasteiger charge is 2.03. The van der Waals surface area contributed by atoms with E-state index < -0.39 is 0 Å². The van der Waals surface area contributed by atoms with Crippen LogP contribution in [0.5, 0.6) is 0 Å². The molecule has 0 unspecified atom stereocenters. The molecule has 2 rings (SSSR count). The van der Waals surface area contributed by atoms with Crippen molar-refractivity contribution in [3.8, 4) is 5.69 Å². The molecule has 1 N–H and O–H groups in total. The molecule has 2 aromatic rings. The minimum Gasteiger partial charge on any atom is -0.381 e. The fraction of sp³-hybridized carbons (Fsp3) is 0.167. The quantitative estimate of drug-likeness (QED) is 0.847. The number of pyridine rings is 2. The van der Waals surface area contributed by atoms with Gasteiger partial charge in [0.05, 0.1) is 11.9 Å². The van der Waals surface area contributed by atoms with Gasteiger partial charge in [-0.05, 0) is 31.2 Å². The van der Waals surface area contributed by atoms with Gasteiger partial charge < -0.3 is 5.32 Å². The number of nitrogens with one attached hydrogen (secondary N) is 1. The molecule has 0 aliphatic carbocycles. The molecule has 0 aliphatic heterocycles. The highest BCUT2D eigenvalue weighted by molar-refractivity contribution is 5.43. The fourth-order valence-corrected chi connectivity index (χ4v) is 1.52. The molecule has 4 nitrogen and oxygen atoms in total. The molecular weight excluding hydrogens is 202 g/mol. The average molecular weight is 215 g/mol. The molecule has 0 amide bonds.